The normalized spacial score (nSPS) is 18.6. The molecule has 2 aromatic rings. The summed E-state index contributed by atoms with van der Waals surface area (Å²) in [6.45, 7) is 0. The fourth-order valence-corrected chi connectivity index (χ4v) is 4.14. The number of amides is 1. The Morgan fingerprint density at radius 2 is 1.78 bits per heavy atom. The van der Waals surface area contributed by atoms with Crippen molar-refractivity contribution in [2.24, 2.45) is 0 Å². The lowest BCUT2D eigenvalue weighted by Crippen LogP contribution is -2.37. The van der Waals surface area contributed by atoms with Crippen molar-refractivity contribution in [1.29, 1.82) is 0 Å². The van der Waals surface area contributed by atoms with Gasteiger partial charge in [0, 0.05) is 17.1 Å². The second kappa shape index (κ2) is 6.31. The highest BCUT2D eigenvalue weighted by atomic mass is 16.1. The topological polar surface area (TPSA) is 42.0 Å². The monoisotopic (exact) mass is 308 g/mol. The molecular formula is C20H24N2O. The number of para-hydroxylation sites is 1. The van der Waals surface area contributed by atoms with E-state index in [1.165, 1.54) is 31.2 Å². The molecule has 2 aliphatic rings. The summed E-state index contributed by atoms with van der Waals surface area (Å²) in [7, 11) is 0. The summed E-state index contributed by atoms with van der Waals surface area (Å²) in [6.07, 6.45) is 10.4. The second-order valence-electron chi connectivity index (χ2n) is 6.94. The molecule has 0 bridgehead atoms. The molecule has 1 heterocycles. The van der Waals surface area contributed by atoms with Crippen molar-refractivity contribution < 1.29 is 4.79 Å². The molecule has 1 aromatic heterocycles. The van der Waals surface area contributed by atoms with E-state index in [1.54, 1.807) is 0 Å². The van der Waals surface area contributed by atoms with Crippen LogP contribution in [-0.2, 0) is 12.8 Å². The third-order valence-electron chi connectivity index (χ3n) is 5.34. The van der Waals surface area contributed by atoms with Crippen molar-refractivity contribution in [1.82, 2.24) is 10.3 Å². The summed E-state index contributed by atoms with van der Waals surface area (Å²) in [5, 5.41) is 4.33. The van der Waals surface area contributed by atoms with Crippen molar-refractivity contribution in [2.45, 2.75) is 63.8 Å². The average Bonchev–Trinajstić information content (AvgIpc) is 2.60. The van der Waals surface area contributed by atoms with Crippen LogP contribution in [0.1, 0.15) is 66.6 Å². The van der Waals surface area contributed by atoms with Crippen LogP contribution < -0.4 is 5.32 Å². The Morgan fingerprint density at radius 3 is 2.65 bits per heavy atom. The van der Waals surface area contributed by atoms with Crippen molar-refractivity contribution in [3.63, 3.8) is 0 Å². The van der Waals surface area contributed by atoms with Crippen molar-refractivity contribution in [3.8, 4) is 0 Å². The van der Waals surface area contributed by atoms with Gasteiger partial charge in [0.15, 0.2) is 0 Å². The molecule has 2 aliphatic carbocycles. The number of aromatic nitrogens is 1. The highest BCUT2D eigenvalue weighted by Gasteiger charge is 2.24. The number of nitrogens with one attached hydrogen (secondary N) is 1. The maximum absolute atomic E-state index is 13.1. The first-order chi connectivity index (χ1) is 11.3. The van der Waals surface area contributed by atoms with E-state index >= 15 is 0 Å². The molecule has 23 heavy (non-hydrogen) atoms. The standard InChI is InChI=1S/C20H24N2O/c23-20(21-14-8-2-1-3-9-14)19-15-10-4-6-12-17(15)22-18-13-7-5-11-16(18)19/h4,6,10,12,14H,1-3,5,7-9,11,13H2,(H,21,23). The largest absolute Gasteiger partial charge is 0.349 e. The van der Waals surface area contributed by atoms with Crippen LogP contribution in [0.5, 0.6) is 0 Å². The van der Waals surface area contributed by atoms with Gasteiger partial charge in [0.2, 0.25) is 0 Å². The van der Waals surface area contributed by atoms with Crippen LogP contribution in [0.25, 0.3) is 10.9 Å². The van der Waals surface area contributed by atoms with Crippen LogP contribution in [0.15, 0.2) is 24.3 Å². The van der Waals surface area contributed by atoms with E-state index in [4.69, 9.17) is 4.98 Å². The molecule has 0 aliphatic heterocycles. The Hall–Kier alpha value is -1.90. The average molecular weight is 308 g/mol. The number of aryl methyl sites for hydroxylation is 1. The minimum absolute atomic E-state index is 0.119. The van der Waals surface area contributed by atoms with Crippen molar-refractivity contribution >= 4 is 16.8 Å². The third-order valence-corrected chi connectivity index (χ3v) is 5.34. The zero-order valence-corrected chi connectivity index (χ0v) is 13.6. The van der Waals surface area contributed by atoms with E-state index < -0.39 is 0 Å². The van der Waals surface area contributed by atoms with Crippen LogP contribution >= 0.6 is 0 Å². The van der Waals surface area contributed by atoms with Gasteiger partial charge in [-0.3, -0.25) is 9.78 Å². The Bertz CT molecular complexity index is 732. The molecule has 1 N–H and O–H groups in total. The highest BCUT2D eigenvalue weighted by Crippen LogP contribution is 2.29. The molecular weight excluding hydrogens is 284 g/mol. The fraction of sp³-hybridized carbons (Fsp3) is 0.500. The summed E-state index contributed by atoms with van der Waals surface area (Å²) in [5.41, 5.74) is 4.20. The van der Waals surface area contributed by atoms with Gasteiger partial charge in [-0.2, -0.15) is 0 Å². The van der Waals surface area contributed by atoms with Gasteiger partial charge in [0.1, 0.15) is 0 Å². The number of rotatable bonds is 2. The van der Waals surface area contributed by atoms with Crippen LogP contribution in [0.4, 0.5) is 0 Å². The first-order valence-corrected chi connectivity index (χ1v) is 9.04. The van der Waals surface area contributed by atoms with Crippen molar-refractivity contribution in [3.05, 3.63) is 41.1 Å². The number of carbonyl (C=O) groups excluding carboxylic acids is 1. The summed E-state index contributed by atoms with van der Waals surface area (Å²) >= 11 is 0. The molecule has 120 valence electrons. The van der Waals surface area contributed by atoms with Gasteiger partial charge in [0.25, 0.3) is 5.91 Å². The fourth-order valence-electron chi connectivity index (χ4n) is 4.14. The maximum atomic E-state index is 13.1. The highest BCUT2D eigenvalue weighted by molar-refractivity contribution is 6.07. The summed E-state index contributed by atoms with van der Waals surface area (Å²) in [6, 6.07) is 8.45. The number of fused-ring (bicyclic) bond motifs is 2. The molecule has 4 rings (SSSR count). The lowest BCUT2D eigenvalue weighted by molar-refractivity contribution is 0.0928. The second-order valence-corrected chi connectivity index (χ2v) is 6.94. The van der Waals surface area contributed by atoms with Crippen LogP contribution in [-0.4, -0.2) is 16.9 Å². The van der Waals surface area contributed by atoms with Gasteiger partial charge in [0.05, 0.1) is 11.1 Å². The molecule has 3 heteroatoms. The molecule has 1 aromatic carbocycles. The molecule has 0 atom stereocenters. The molecule has 1 fully saturated rings. The van der Waals surface area contributed by atoms with Gasteiger partial charge in [-0.05, 0) is 50.2 Å². The minimum Gasteiger partial charge on any atom is -0.349 e. The number of carbonyl (C=O) groups is 1. The smallest absolute Gasteiger partial charge is 0.252 e. The van der Waals surface area contributed by atoms with Gasteiger partial charge < -0.3 is 5.32 Å². The molecule has 3 nitrogen and oxygen atoms in total. The van der Waals surface area contributed by atoms with Gasteiger partial charge >= 0.3 is 0 Å². The molecule has 0 spiro atoms. The van der Waals surface area contributed by atoms with Crippen LogP contribution in [0, 0.1) is 0 Å². The van der Waals surface area contributed by atoms with E-state index in [0.29, 0.717) is 6.04 Å². The van der Waals surface area contributed by atoms with Crippen LogP contribution in [0.2, 0.25) is 0 Å². The van der Waals surface area contributed by atoms with Crippen LogP contribution in [0.3, 0.4) is 0 Å². The Morgan fingerprint density at radius 1 is 1.00 bits per heavy atom. The summed E-state index contributed by atoms with van der Waals surface area (Å²) in [4.78, 5) is 17.9. The first kappa shape index (κ1) is 14.7. The Labute approximate surface area is 137 Å². The van der Waals surface area contributed by atoms with E-state index in [1.807, 2.05) is 24.3 Å². The molecule has 0 unspecified atom stereocenters. The van der Waals surface area contributed by atoms with Gasteiger partial charge in [-0.15, -0.1) is 0 Å². The lowest BCUT2D eigenvalue weighted by Gasteiger charge is -2.25. The quantitative estimate of drug-likeness (QED) is 0.904. The van der Waals surface area contributed by atoms with Crippen molar-refractivity contribution in [2.75, 3.05) is 0 Å². The molecule has 0 saturated heterocycles. The zero-order chi connectivity index (χ0) is 15.6. The lowest BCUT2D eigenvalue weighted by atomic mass is 9.89. The summed E-state index contributed by atoms with van der Waals surface area (Å²) in [5.74, 6) is 0.119. The predicted molar refractivity (Wildman–Crippen MR) is 92.7 cm³/mol. The number of hydrogen-bond acceptors (Lipinski definition) is 2. The van der Waals surface area contributed by atoms with E-state index in [9.17, 15) is 4.79 Å². The summed E-state index contributed by atoms with van der Waals surface area (Å²) < 4.78 is 0. The van der Waals surface area contributed by atoms with E-state index in [2.05, 4.69) is 5.32 Å². The number of hydrogen-bond donors (Lipinski definition) is 1. The molecule has 1 amide bonds. The zero-order valence-electron chi connectivity index (χ0n) is 13.6. The SMILES string of the molecule is O=C(NC1CCCCC1)c1c2c(nc3ccccc13)CCCC2. The third kappa shape index (κ3) is 2.85. The maximum Gasteiger partial charge on any atom is 0.252 e. The first-order valence-electron chi connectivity index (χ1n) is 9.04. The van der Waals surface area contributed by atoms with E-state index in [0.717, 1.165) is 54.3 Å². The number of benzene rings is 1. The molecule has 1 saturated carbocycles. The van der Waals surface area contributed by atoms with Gasteiger partial charge in [-0.25, -0.2) is 0 Å². The Balaban J connectivity index is 1.75. The number of nitrogens with zero attached hydrogens (tertiary/aromatic N) is 1. The Kier molecular flexibility index (Phi) is 4.02. The predicted octanol–water partition coefficient (Wildman–Crippen LogP) is 4.18. The minimum atomic E-state index is 0.119. The number of pyridine rings is 1. The van der Waals surface area contributed by atoms with Gasteiger partial charge in [-0.1, -0.05) is 37.5 Å². The molecule has 0 radical (unpaired) electrons. The van der Waals surface area contributed by atoms with E-state index in [-0.39, 0.29) is 5.91 Å².